The topological polar surface area (TPSA) is 26.0 Å². The fraction of sp³-hybridized carbons (Fsp3) is 0.0588. The van der Waals surface area contributed by atoms with Crippen molar-refractivity contribution in [3.05, 3.63) is 82.4 Å². The first-order valence-corrected chi connectivity index (χ1v) is 6.83. The van der Waals surface area contributed by atoms with E-state index in [1.54, 1.807) is 12.1 Å². The van der Waals surface area contributed by atoms with Gasteiger partial charge in [0.05, 0.1) is 6.04 Å². The monoisotopic (exact) mass is 303 g/mol. The van der Waals surface area contributed by atoms with Crippen LogP contribution in [0.1, 0.15) is 17.2 Å². The second kappa shape index (κ2) is 5.43. The van der Waals surface area contributed by atoms with Crippen LogP contribution in [0.3, 0.4) is 0 Å². The summed E-state index contributed by atoms with van der Waals surface area (Å²) >= 11 is 6.17. The van der Waals surface area contributed by atoms with E-state index in [9.17, 15) is 8.78 Å². The van der Waals surface area contributed by atoms with Crippen LogP contribution in [0, 0.1) is 11.6 Å². The van der Waals surface area contributed by atoms with Gasteiger partial charge in [-0.2, -0.15) is 0 Å². The summed E-state index contributed by atoms with van der Waals surface area (Å²) in [4.78, 5) is 0. The molecule has 0 saturated carbocycles. The Morgan fingerprint density at radius 1 is 0.857 bits per heavy atom. The Morgan fingerprint density at radius 3 is 2.24 bits per heavy atom. The van der Waals surface area contributed by atoms with E-state index in [0.717, 1.165) is 22.4 Å². The van der Waals surface area contributed by atoms with Crippen LogP contribution in [0.5, 0.6) is 0 Å². The number of rotatable bonds is 2. The minimum atomic E-state index is -0.687. The molecule has 0 aliphatic heterocycles. The number of halogens is 3. The molecular formula is C17H12ClF2N. The minimum Gasteiger partial charge on any atom is -0.320 e. The molecule has 3 aromatic rings. The zero-order valence-corrected chi connectivity index (χ0v) is 11.7. The van der Waals surface area contributed by atoms with E-state index in [4.69, 9.17) is 17.3 Å². The molecule has 0 aliphatic carbocycles. The van der Waals surface area contributed by atoms with Crippen LogP contribution in [-0.2, 0) is 0 Å². The third kappa shape index (κ3) is 2.50. The van der Waals surface area contributed by atoms with Gasteiger partial charge in [-0.25, -0.2) is 8.78 Å². The van der Waals surface area contributed by atoms with Gasteiger partial charge < -0.3 is 5.73 Å². The van der Waals surface area contributed by atoms with E-state index in [-0.39, 0.29) is 5.56 Å². The van der Waals surface area contributed by atoms with Gasteiger partial charge in [0.25, 0.3) is 0 Å². The van der Waals surface area contributed by atoms with Crippen molar-refractivity contribution >= 4 is 22.4 Å². The highest BCUT2D eigenvalue weighted by Gasteiger charge is 2.17. The van der Waals surface area contributed by atoms with Gasteiger partial charge in [-0.3, -0.25) is 0 Å². The minimum absolute atomic E-state index is 0.254. The van der Waals surface area contributed by atoms with Gasteiger partial charge in [0.2, 0.25) is 0 Å². The van der Waals surface area contributed by atoms with Crippen molar-refractivity contribution in [1.82, 2.24) is 0 Å². The quantitative estimate of drug-likeness (QED) is 0.721. The van der Waals surface area contributed by atoms with Crippen molar-refractivity contribution in [2.75, 3.05) is 0 Å². The second-order valence-corrected chi connectivity index (χ2v) is 5.23. The standard InChI is InChI=1S/C17H12ClF2N/c18-15-8-7-13(11-3-1-2-4-12(11)15)17(21)14-6-5-10(19)9-16(14)20/h1-9,17H,21H2. The molecule has 0 spiro atoms. The fourth-order valence-corrected chi connectivity index (χ4v) is 2.71. The lowest BCUT2D eigenvalue weighted by molar-refractivity contribution is 0.566. The van der Waals surface area contributed by atoms with Crippen molar-refractivity contribution in [2.45, 2.75) is 6.04 Å². The summed E-state index contributed by atoms with van der Waals surface area (Å²) in [6.45, 7) is 0. The molecule has 3 aromatic carbocycles. The highest BCUT2D eigenvalue weighted by atomic mass is 35.5. The van der Waals surface area contributed by atoms with Gasteiger partial charge in [-0.05, 0) is 23.1 Å². The summed E-state index contributed by atoms with van der Waals surface area (Å²) in [5.41, 5.74) is 7.18. The summed E-state index contributed by atoms with van der Waals surface area (Å²) in [6.07, 6.45) is 0. The van der Waals surface area contributed by atoms with Crippen molar-refractivity contribution in [3.8, 4) is 0 Å². The maximum Gasteiger partial charge on any atom is 0.131 e. The molecule has 3 rings (SSSR count). The molecule has 0 heterocycles. The molecule has 0 amide bonds. The van der Waals surface area contributed by atoms with Gasteiger partial charge in [-0.15, -0.1) is 0 Å². The first kappa shape index (κ1) is 14.0. The molecule has 0 fully saturated rings. The van der Waals surface area contributed by atoms with Crippen LogP contribution in [0.4, 0.5) is 8.78 Å². The smallest absolute Gasteiger partial charge is 0.131 e. The number of hydrogen-bond donors (Lipinski definition) is 1. The van der Waals surface area contributed by atoms with Gasteiger partial charge >= 0.3 is 0 Å². The summed E-state index contributed by atoms with van der Waals surface area (Å²) in [5, 5.41) is 2.33. The molecule has 0 saturated heterocycles. The van der Waals surface area contributed by atoms with Gasteiger partial charge in [0, 0.05) is 22.0 Å². The van der Waals surface area contributed by atoms with Crippen LogP contribution in [0.25, 0.3) is 10.8 Å². The SMILES string of the molecule is NC(c1ccc(F)cc1F)c1ccc(Cl)c2ccccc12. The maximum atomic E-state index is 13.9. The van der Waals surface area contributed by atoms with E-state index in [0.29, 0.717) is 5.02 Å². The molecule has 21 heavy (non-hydrogen) atoms. The Labute approximate surface area is 126 Å². The van der Waals surface area contributed by atoms with E-state index >= 15 is 0 Å². The highest BCUT2D eigenvalue weighted by Crippen LogP contribution is 2.32. The molecule has 0 aromatic heterocycles. The maximum absolute atomic E-state index is 13.9. The Bertz CT molecular complexity index is 817. The number of hydrogen-bond acceptors (Lipinski definition) is 1. The lowest BCUT2D eigenvalue weighted by atomic mass is 9.94. The molecule has 4 heteroatoms. The van der Waals surface area contributed by atoms with E-state index in [2.05, 4.69) is 0 Å². The predicted octanol–water partition coefficient (Wildman–Crippen LogP) is 4.82. The first-order chi connectivity index (χ1) is 10.1. The summed E-state index contributed by atoms with van der Waals surface area (Å²) in [6, 6.07) is 13.8. The third-order valence-electron chi connectivity index (χ3n) is 3.54. The van der Waals surface area contributed by atoms with E-state index < -0.39 is 17.7 Å². The number of benzene rings is 3. The molecule has 106 valence electrons. The Morgan fingerprint density at radius 2 is 1.52 bits per heavy atom. The van der Waals surface area contributed by atoms with Crippen molar-refractivity contribution < 1.29 is 8.78 Å². The molecule has 2 N–H and O–H groups in total. The fourth-order valence-electron chi connectivity index (χ4n) is 2.48. The zero-order chi connectivity index (χ0) is 15.0. The lowest BCUT2D eigenvalue weighted by Crippen LogP contribution is -2.14. The van der Waals surface area contributed by atoms with Crippen molar-refractivity contribution in [3.63, 3.8) is 0 Å². The first-order valence-electron chi connectivity index (χ1n) is 6.45. The van der Waals surface area contributed by atoms with Gasteiger partial charge in [0.1, 0.15) is 11.6 Å². The zero-order valence-electron chi connectivity index (χ0n) is 11.0. The lowest BCUT2D eigenvalue weighted by Gasteiger charge is -2.16. The van der Waals surface area contributed by atoms with Crippen LogP contribution in [0.15, 0.2) is 54.6 Å². The van der Waals surface area contributed by atoms with Crippen LogP contribution in [-0.4, -0.2) is 0 Å². The third-order valence-corrected chi connectivity index (χ3v) is 3.87. The highest BCUT2D eigenvalue weighted by molar-refractivity contribution is 6.35. The van der Waals surface area contributed by atoms with Gasteiger partial charge in [0.15, 0.2) is 0 Å². The Hall–Kier alpha value is -1.97. The largest absolute Gasteiger partial charge is 0.320 e. The van der Waals surface area contributed by atoms with Crippen LogP contribution in [0.2, 0.25) is 5.02 Å². The molecule has 0 radical (unpaired) electrons. The van der Waals surface area contributed by atoms with Crippen LogP contribution < -0.4 is 5.73 Å². The van der Waals surface area contributed by atoms with E-state index in [1.165, 1.54) is 12.1 Å². The molecule has 0 aliphatic rings. The molecule has 1 unspecified atom stereocenters. The summed E-state index contributed by atoms with van der Waals surface area (Å²) in [7, 11) is 0. The summed E-state index contributed by atoms with van der Waals surface area (Å²) < 4.78 is 26.9. The van der Waals surface area contributed by atoms with Gasteiger partial charge in [-0.1, -0.05) is 48.0 Å². The van der Waals surface area contributed by atoms with Crippen LogP contribution >= 0.6 is 11.6 Å². The predicted molar refractivity (Wildman–Crippen MR) is 81.3 cm³/mol. The number of fused-ring (bicyclic) bond motifs is 1. The van der Waals surface area contributed by atoms with Crippen molar-refractivity contribution in [2.24, 2.45) is 5.73 Å². The number of nitrogens with two attached hydrogens (primary N) is 1. The molecule has 0 bridgehead atoms. The normalized spacial score (nSPS) is 12.6. The Kier molecular flexibility index (Phi) is 3.62. The molecule has 1 nitrogen and oxygen atoms in total. The second-order valence-electron chi connectivity index (χ2n) is 4.83. The average molecular weight is 304 g/mol. The van der Waals surface area contributed by atoms with E-state index in [1.807, 2.05) is 24.3 Å². The molecule has 1 atom stereocenters. The average Bonchev–Trinajstić information content (AvgIpc) is 2.47. The molecular weight excluding hydrogens is 292 g/mol. The summed E-state index contributed by atoms with van der Waals surface area (Å²) in [5.74, 6) is -1.27. The Balaban J connectivity index is 2.18. The van der Waals surface area contributed by atoms with Crippen molar-refractivity contribution in [1.29, 1.82) is 0 Å².